The van der Waals surface area contributed by atoms with Crippen LogP contribution in [0.3, 0.4) is 0 Å². The van der Waals surface area contributed by atoms with Crippen molar-refractivity contribution in [3.63, 3.8) is 0 Å². The molecule has 1 unspecified atom stereocenters. The van der Waals surface area contributed by atoms with Crippen LogP contribution in [0.4, 0.5) is 13.2 Å². The van der Waals surface area contributed by atoms with E-state index in [2.05, 4.69) is 30.7 Å². The molecule has 1 aliphatic heterocycles. The van der Waals surface area contributed by atoms with Gasteiger partial charge in [0.25, 0.3) is 0 Å². The van der Waals surface area contributed by atoms with Crippen LogP contribution in [0.2, 0.25) is 5.02 Å². The maximum absolute atomic E-state index is 12.6. The summed E-state index contributed by atoms with van der Waals surface area (Å²) in [6.07, 6.45) is -0.521. The normalized spacial score (nSPS) is 16.4. The van der Waals surface area contributed by atoms with Crippen molar-refractivity contribution in [3.8, 4) is 5.88 Å². The Morgan fingerprint density at radius 1 is 1.40 bits per heavy atom. The molecule has 1 aliphatic rings. The summed E-state index contributed by atoms with van der Waals surface area (Å²) in [5.41, 5.74) is -0.922. The lowest BCUT2D eigenvalue weighted by atomic mass is 10.1. The van der Waals surface area contributed by atoms with Crippen molar-refractivity contribution in [3.05, 3.63) is 35.0 Å². The van der Waals surface area contributed by atoms with E-state index >= 15 is 0 Å². The van der Waals surface area contributed by atoms with Crippen LogP contribution in [0.5, 0.6) is 5.88 Å². The molecule has 0 aromatic carbocycles. The number of aliphatic imine (C=N–C) groups is 1. The molecule has 0 radical (unpaired) electrons. The molecule has 8 nitrogen and oxygen atoms in total. The predicted molar refractivity (Wildman–Crippen MR) is 116 cm³/mol. The van der Waals surface area contributed by atoms with Crippen molar-refractivity contribution < 1.29 is 17.9 Å². The Kier molecular flexibility index (Phi) is 8.94. The molecule has 3 heterocycles. The summed E-state index contributed by atoms with van der Waals surface area (Å²) in [6, 6.07) is 0.953. The topological polar surface area (TPSA) is 89.2 Å². The Bertz CT molecular complexity index is 862. The van der Waals surface area contributed by atoms with Crippen molar-refractivity contribution in [1.82, 2.24) is 30.4 Å². The summed E-state index contributed by atoms with van der Waals surface area (Å²) in [4.78, 5) is 12.3. The summed E-state index contributed by atoms with van der Waals surface area (Å²) in [6.45, 7) is 3.72. The van der Waals surface area contributed by atoms with Gasteiger partial charge in [0.05, 0.1) is 18.7 Å². The lowest BCUT2D eigenvalue weighted by molar-refractivity contribution is -0.137. The molecule has 13 heteroatoms. The highest BCUT2D eigenvalue weighted by Gasteiger charge is 2.31. The molecule has 0 fully saturated rings. The molecule has 0 aliphatic carbocycles. The number of nitrogens with zero attached hydrogens (tertiary/aromatic N) is 5. The van der Waals surface area contributed by atoms with Crippen LogP contribution in [0.15, 0.2) is 23.6 Å². The Balaban J connectivity index is 0.00000320. The molecule has 0 saturated heterocycles. The number of hydrogen-bond acceptors (Lipinski definition) is 5. The minimum atomic E-state index is -4.50. The van der Waals surface area contributed by atoms with Crippen LogP contribution >= 0.6 is 35.6 Å². The van der Waals surface area contributed by atoms with Gasteiger partial charge in [0.15, 0.2) is 5.96 Å². The van der Waals surface area contributed by atoms with Gasteiger partial charge in [0.1, 0.15) is 23.8 Å². The van der Waals surface area contributed by atoms with Crippen LogP contribution in [0, 0.1) is 0 Å². The second-order valence-electron chi connectivity index (χ2n) is 6.36. The minimum absolute atomic E-state index is 0. The Morgan fingerprint density at radius 2 is 2.20 bits per heavy atom. The van der Waals surface area contributed by atoms with E-state index < -0.39 is 11.7 Å². The van der Waals surface area contributed by atoms with E-state index in [1.165, 1.54) is 0 Å². The number of guanidine groups is 1. The Morgan fingerprint density at radius 3 is 2.90 bits per heavy atom. The highest BCUT2D eigenvalue weighted by Crippen LogP contribution is 2.33. The molecule has 3 rings (SSSR count). The van der Waals surface area contributed by atoms with Crippen molar-refractivity contribution in [2.75, 3.05) is 19.7 Å². The molecular weight excluding hydrogens is 538 g/mol. The fraction of sp³-hybridized carbons (Fsp3) is 0.529. The molecule has 166 valence electrons. The quantitative estimate of drug-likeness (QED) is 0.245. The van der Waals surface area contributed by atoms with Crippen LogP contribution in [0.25, 0.3) is 0 Å². The van der Waals surface area contributed by atoms with Gasteiger partial charge in [-0.1, -0.05) is 11.6 Å². The van der Waals surface area contributed by atoms with Gasteiger partial charge in [-0.05, 0) is 19.4 Å². The summed E-state index contributed by atoms with van der Waals surface area (Å²) in [5.74, 6) is 1.54. The monoisotopic (exact) mass is 559 g/mol. The predicted octanol–water partition coefficient (Wildman–Crippen LogP) is 2.91. The van der Waals surface area contributed by atoms with Crippen LogP contribution in [-0.4, -0.2) is 51.4 Å². The van der Waals surface area contributed by atoms with E-state index in [-0.39, 0.29) is 54.1 Å². The maximum atomic E-state index is 12.6. The first-order valence-electron chi connectivity index (χ1n) is 9.14. The number of nitrogens with one attached hydrogen (secondary N) is 2. The van der Waals surface area contributed by atoms with E-state index in [0.29, 0.717) is 25.2 Å². The number of halogens is 5. The third-order valence-corrected chi connectivity index (χ3v) is 4.50. The first-order chi connectivity index (χ1) is 13.9. The number of rotatable bonds is 6. The van der Waals surface area contributed by atoms with Gasteiger partial charge in [-0.25, -0.2) is 19.6 Å². The van der Waals surface area contributed by atoms with E-state index in [1.54, 1.807) is 6.33 Å². The van der Waals surface area contributed by atoms with Gasteiger partial charge in [0, 0.05) is 25.2 Å². The van der Waals surface area contributed by atoms with Crippen LogP contribution in [0.1, 0.15) is 24.7 Å². The molecule has 30 heavy (non-hydrogen) atoms. The average Bonchev–Trinajstić information content (AvgIpc) is 3.13. The summed E-state index contributed by atoms with van der Waals surface area (Å²) in [7, 11) is 0. The highest BCUT2D eigenvalue weighted by atomic mass is 127. The van der Waals surface area contributed by atoms with Gasteiger partial charge in [-0.15, -0.1) is 24.0 Å². The first-order valence-corrected chi connectivity index (χ1v) is 9.51. The lowest BCUT2D eigenvalue weighted by Gasteiger charge is -2.25. The van der Waals surface area contributed by atoms with Crippen LogP contribution < -0.4 is 15.4 Å². The summed E-state index contributed by atoms with van der Waals surface area (Å²) in [5, 5.41) is 10.5. The van der Waals surface area contributed by atoms with E-state index in [9.17, 15) is 13.2 Å². The van der Waals surface area contributed by atoms with E-state index in [1.807, 2.05) is 11.6 Å². The smallest absolute Gasteiger partial charge is 0.417 e. The number of fused-ring (bicyclic) bond motifs is 1. The zero-order valence-electron chi connectivity index (χ0n) is 16.1. The number of pyridine rings is 1. The molecule has 0 bridgehead atoms. The van der Waals surface area contributed by atoms with Gasteiger partial charge < -0.3 is 15.4 Å². The fourth-order valence-electron chi connectivity index (χ4n) is 2.86. The second-order valence-corrected chi connectivity index (χ2v) is 6.76. The van der Waals surface area contributed by atoms with E-state index in [4.69, 9.17) is 16.3 Å². The zero-order chi connectivity index (χ0) is 20.9. The van der Waals surface area contributed by atoms with Gasteiger partial charge >= 0.3 is 6.18 Å². The van der Waals surface area contributed by atoms with Gasteiger partial charge in [0.2, 0.25) is 5.88 Å². The molecule has 0 amide bonds. The molecule has 2 aromatic rings. The molecule has 2 N–H and O–H groups in total. The van der Waals surface area contributed by atoms with Crippen LogP contribution in [-0.2, 0) is 19.1 Å². The average molecular weight is 560 g/mol. The number of hydrogen-bond donors (Lipinski definition) is 2. The summed E-state index contributed by atoms with van der Waals surface area (Å²) >= 11 is 5.83. The van der Waals surface area contributed by atoms with Crippen molar-refractivity contribution in [2.45, 2.75) is 38.5 Å². The SMILES string of the molecule is CCNC(=NCCOc1ncc(C(F)(F)F)cc1Cl)NC1CCc2ncnn2C1.I. The zero-order valence-corrected chi connectivity index (χ0v) is 19.2. The molecule has 0 spiro atoms. The Hall–Kier alpha value is -1.83. The number of ether oxygens (including phenoxy) is 1. The van der Waals surface area contributed by atoms with Gasteiger partial charge in [-0.2, -0.15) is 18.3 Å². The maximum Gasteiger partial charge on any atom is 0.417 e. The standard InChI is InChI=1S/C17H21ClF3N7O.HI/c1-2-22-16(27-12-3-4-14-25-10-26-28(14)9-12)23-5-6-29-15-13(18)7-11(8-24-15)17(19,20)21;/h7-8,10,12H,2-6,9H2,1H3,(H2,22,23,27);1H. The van der Waals surface area contributed by atoms with Crippen molar-refractivity contribution >= 4 is 41.5 Å². The summed E-state index contributed by atoms with van der Waals surface area (Å²) < 4.78 is 45.2. The number of alkyl halides is 3. The van der Waals surface area contributed by atoms with Gasteiger partial charge in [-0.3, -0.25) is 0 Å². The molecule has 1 atom stereocenters. The third kappa shape index (κ3) is 6.59. The van der Waals surface area contributed by atoms with Crippen molar-refractivity contribution in [1.29, 1.82) is 0 Å². The second kappa shape index (κ2) is 11.0. The number of aryl methyl sites for hydroxylation is 1. The number of aromatic nitrogens is 4. The molecule has 0 saturated carbocycles. The fourth-order valence-corrected chi connectivity index (χ4v) is 3.08. The largest absolute Gasteiger partial charge is 0.475 e. The first kappa shape index (κ1) is 24.4. The molecular formula is C17H22ClF3IN7O. The minimum Gasteiger partial charge on any atom is -0.475 e. The van der Waals surface area contributed by atoms with Crippen molar-refractivity contribution in [2.24, 2.45) is 4.99 Å². The third-order valence-electron chi connectivity index (χ3n) is 4.23. The lowest BCUT2D eigenvalue weighted by Crippen LogP contribution is -2.47. The van der Waals surface area contributed by atoms with E-state index in [0.717, 1.165) is 24.7 Å². The Labute approximate surface area is 193 Å². The molecule has 2 aromatic heterocycles. The highest BCUT2D eigenvalue weighted by molar-refractivity contribution is 14.0.